The van der Waals surface area contributed by atoms with Gasteiger partial charge in [0.05, 0.1) is 6.42 Å². The minimum atomic E-state index is 0.473. The zero-order valence-electron chi connectivity index (χ0n) is 13.7. The molecule has 0 aliphatic heterocycles. The molecule has 3 aromatic rings. The Morgan fingerprint density at radius 1 is 1.04 bits per heavy atom. The Kier molecular flexibility index (Phi) is 5.26. The molecule has 0 unspecified atom stereocenters. The Balaban J connectivity index is 1.74. The minimum absolute atomic E-state index is 0.473. The van der Waals surface area contributed by atoms with Crippen LogP contribution in [0.1, 0.15) is 48.2 Å². The van der Waals surface area contributed by atoms with Crippen molar-refractivity contribution in [2.45, 2.75) is 26.2 Å². The van der Waals surface area contributed by atoms with E-state index in [0.29, 0.717) is 24.1 Å². The van der Waals surface area contributed by atoms with Crippen molar-refractivity contribution >= 4 is 28.1 Å². The van der Waals surface area contributed by atoms with Crippen LogP contribution in [0.15, 0.2) is 57.4 Å². The van der Waals surface area contributed by atoms with Crippen molar-refractivity contribution in [2.75, 3.05) is 0 Å². The standard InChI is InChI=1S/C20H19BrN2O/c1-14(2)18-9-4-3-7-16(18)10-11-19-22-23-20(24-19)13-15-6-5-8-17(21)12-15/h3-12,14H,13H2,1-2H3. The fraction of sp³-hybridized carbons (Fsp3) is 0.200. The molecular formula is C20H19BrN2O. The summed E-state index contributed by atoms with van der Waals surface area (Å²) in [6, 6.07) is 16.5. The van der Waals surface area contributed by atoms with Gasteiger partial charge in [-0.3, -0.25) is 0 Å². The van der Waals surface area contributed by atoms with Crippen LogP contribution in [0.2, 0.25) is 0 Å². The van der Waals surface area contributed by atoms with Gasteiger partial charge in [0.15, 0.2) is 0 Å². The van der Waals surface area contributed by atoms with Crippen LogP contribution in [0, 0.1) is 0 Å². The molecule has 0 bridgehead atoms. The molecule has 1 heterocycles. The molecule has 4 heteroatoms. The molecule has 0 spiro atoms. The lowest BCUT2D eigenvalue weighted by Gasteiger charge is -2.08. The first-order valence-electron chi connectivity index (χ1n) is 7.95. The zero-order chi connectivity index (χ0) is 16.9. The Hall–Kier alpha value is -2.20. The summed E-state index contributed by atoms with van der Waals surface area (Å²) in [5.74, 6) is 1.61. The molecule has 0 N–H and O–H groups in total. The molecule has 24 heavy (non-hydrogen) atoms. The lowest BCUT2D eigenvalue weighted by molar-refractivity contribution is 0.496. The summed E-state index contributed by atoms with van der Waals surface area (Å²) in [6.07, 6.45) is 4.53. The Morgan fingerprint density at radius 2 is 1.88 bits per heavy atom. The van der Waals surface area contributed by atoms with Gasteiger partial charge in [-0.1, -0.05) is 66.2 Å². The van der Waals surface area contributed by atoms with E-state index in [0.717, 1.165) is 10.0 Å². The quantitative estimate of drug-likeness (QED) is 0.566. The Morgan fingerprint density at radius 3 is 2.67 bits per heavy atom. The van der Waals surface area contributed by atoms with Gasteiger partial charge in [0.1, 0.15) is 0 Å². The molecule has 0 fully saturated rings. The number of nitrogens with zero attached hydrogens (tertiary/aromatic N) is 2. The number of hydrogen-bond donors (Lipinski definition) is 0. The summed E-state index contributed by atoms with van der Waals surface area (Å²) >= 11 is 3.47. The maximum absolute atomic E-state index is 5.73. The topological polar surface area (TPSA) is 38.9 Å². The first-order chi connectivity index (χ1) is 11.6. The summed E-state index contributed by atoms with van der Waals surface area (Å²) in [6.45, 7) is 4.38. The molecule has 122 valence electrons. The molecular weight excluding hydrogens is 364 g/mol. The number of rotatable bonds is 5. The highest BCUT2D eigenvalue weighted by molar-refractivity contribution is 9.10. The summed E-state index contributed by atoms with van der Waals surface area (Å²) in [7, 11) is 0. The van der Waals surface area contributed by atoms with Gasteiger partial charge in [0.2, 0.25) is 11.8 Å². The van der Waals surface area contributed by atoms with Crippen LogP contribution in [-0.2, 0) is 6.42 Å². The van der Waals surface area contributed by atoms with Gasteiger partial charge in [-0.15, -0.1) is 10.2 Å². The third-order valence-electron chi connectivity index (χ3n) is 3.75. The number of halogens is 1. The van der Waals surface area contributed by atoms with E-state index in [-0.39, 0.29) is 0 Å². The first-order valence-corrected chi connectivity index (χ1v) is 8.75. The van der Waals surface area contributed by atoms with E-state index in [9.17, 15) is 0 Å². The van der Waals surface area contributed by atoms with Crippen LogP contribution < -0.4 is 0 Å². The van der Waals surface area contributed by atoms with Gasteiger partial charge in [-0.05, 0) is 40.8 Å². The van der Waals surface area contributed by atoms with Gasteiger partial charge in [-0.2, -0.15) is 0 Å². The lowest BCUT2D eigenvalue weighted by atomic mass is 9.97. The monoisotopic (exact) mass is 382 g/mol. The van der Waals surface area contributed by atoms with E-state index in [1.807, 2.05) is 36.4 Å². The number of hydrogen-bond acceptors (Lipinski definition) is 3. The maximum Gasteiger partial charge on any atom is 0.240 e. The summed E-state index contributed by atoms with van der Waals surface area (Å²) in [5, 5.41) is 8.24. The fourth-order valence-corrected chi connectivity index (χ4v) is 3.02. The number of aromatic nitrogens is 2. The number of benzene rings is 2. The molecule has 0 saturated carbocycles. The van der Waals surface area contributed by atoms with Crippen molar-refractivity contribution in [3.8, 4) is 0 Å². The molecule has 0 aliphatic rings. The zero-order valence-corrected chi connectivity index (χ0v) is 15.3. The van der Waals surface area contributed by atoms with Crippen LogP contribution >= 0.6 is 15.9 Å². The van der Waals surface area contributed by atoms with Crippen molar-refractivity contribution in [1.29, 1.82) is 0 Å². The normalized spacial score (nSPS) is 11.5. The molecule has 0 atom stereocenters. The molecule has 0 saturated heterocycles. The Bertz CT molecular complexity index is 852. The minimum Gasteiger partial charge on any atom is -0.421 e. The Labute approximate surface area is 150 Å². The molecule has 0 aliphatic carbocycles. The van der Waals surface area contributed by atoms with Crippen LogP contribution in [0.25, 0.3) is 12.2 Å². The second-order valence-electron chi connectivity index (χ2n) is 5.96. The summed E-state index contributed by atoms with van der Waals surface area (Å²) in [5.41, 5.74) is 3.62. The summed E-state index contributed by atoms with van der Waals surface area (Å²) in [4.78, 5) is 0. The van der Waals surface area contributed by atoms with Crippen molar-refractivity contribution < 1.29 is 4.42 Å². The van der Waals surface area contributed by atoms with Gasteiger partial charge in [-0.25, -0.2) is 0 Å². The van der Waals surface area contributed by atoms with Crippen molar-refractivity contribution in [1.82, 2.24) is 10.2 Å². The third-order valence-corrected chi connectivity index (χ3v) is 4.24. The van der Waals surface area contributed by atoms with Gasteiger partial charge < -0.3 is 4.42 Å². The van der Waals surface area contributed by atoms with E-state index < -0.39 is 0 Å². The molecule has 3 nitrogen and oxygen atoms in total. The van der Waals surface area contributed by atoms with Crippen LogP contribution in [0.5, 0.6) is 0 Å². The van der Waals surface area contributed by atoms with Gasteiger partial charge in [0.25, 0.3) is 0 Å². The molecule has 3 rings (SSSR count). The van der Waals surface area contributed by atoms with Gasteiger partial charge >= 0.3 is 0 Å². The van der Waals surface area contributed by atoms with Crippen LogP contribution in [0.4, 0.5) is 0 Å². The largest absolute Gasteiger partial charge is 0.421 e. The molecule has 0 amide bonds. The van der Waals surface area contributed by atoms with E-state index in [1.165, 1.54) is 11.1 Å². The molecule has 2 aromatic carbocycles. The average molecular weight is 383 g/mol. The highest BCUT2D eigenvalue weighted by Gasteiger charge is 2.06. The van der Waals surface area contributed by atoms with E-state index in [4.69, 9.17) is 4.42 Å². The van der Waals surface area contributed by atoms with Gasteiger partial charge in [0, 0.05) is 10.5 Å². The second kappa shape index (κ2) is 7.58. The summed E-state index contributed by atoms with van der Waals surface area (Å²) < 4.78 is 6.77. The second-order valence-corrected chi connectivity index (χ2v) is 6.87. The maximum atomic E-state index is 5.73. The smallest absolute Gasteiger partial charge is 0.240 e. The molecule has 1 aromatic heterocycles. The third kappa shape index (κ3) is 4.20. The fourth-order valence-electron chi connectivity index (χ4n) is 2.58. The van der Waals surface area contributed by atoms with E-state index in [1.54, 1.807) is 0 Å². The highest BCUT2D eigenvalue weighted by Crippen LogP contribution is 2.21. The van der Waals surface area contributed by atoms with Crippen molar-refractivity contribution in [3.63, 3.8) is 0 Å². The predicted molar refractivity (Wildman–Crippen MR) is 101 cm³/mol. The highest BCUT2D eigenvalue weighted by atomic mass is 79.9. The lowest BCUT2D eigenvalue weighted by Crippen LogP contribution is -1.90. The SMILES string of the molecule is CC(C)c1ccccc1C=Cc1nnc(Cc2cccc(Br)c2)o1. The first kappa shape index (κ1) is 16.7. The van der Waals surface area contributed by atoms with Crippen LogP contribution in [0.3, 0.4) is 0 Å². The van der Waals surface area contributed by atoms with E-state index >= 15 is 0 Å². The van der Waals surface area contributed by atoms with Crippen LogP contribution in [-0.4, -0.2) is 10.2 Å². The predicted octanol–water partition coefficient (Wildman–Crippen LogP) is 5.72. The van der Waals surface area contributed by atoms with E-state index in [2.05, 4.69) is 64.2 Å². The average Bonchev–Trinajstić information content (AvgIpc) is 3.00. The molecule has 0 radical (unpaired) electrons. The van der Waals surface area contributed by atoms with Crippen molar-refractivity contribution in [2.24, 2.45) is 0 Å². The van der Waals surface area contributed by atoms with Crippen molar-refractivity contribution in [3.05, 3.63) is 81.5 Å².